The number of hydrogen-bond acceptors (Lipinski definition) is 3. The van der Waals surface area contributed by atoms with Crippen LogP contribution in [0.15, 0.2) is 0 Å². The van der Waals surface area contributed by atoms with Crippen molar-refractivity contribution in [1.29, 1.82) is 0 Å². The van der Waals surface area contributed by atoms with Gasteiger partial charge in [-0.3, -0.25) is 14.8 Å². The Morgan fingerprint density at radius 3 is 2.90 bits per heavy atom. The molecule has 4 rings (SSSR count). The van der Waals surface area contributed by atoms with E-state index in [0.29, 0.717) is 11.7 Å². The van der Waals surface area contributed by atoms with Crippen molar-refractivity contribution < 1.29 is 4.79 Å². The van der Waals surface area contributed by atoms with Gasteiger partial charge in [0, 0.05) is 49.9 Å². The first-order valence-electron chi connectivity index (χ1n) is 8.32. The summed E-state index contributed by atoms with van der Waals surface area (Å²) < 4.78 is 0. The third-order valence-electron chi connectivity index (χ3n) is 5.24. The largest absolute Gasteiger partial charge is 0.335 e. The standard InChI is InChI=1S/C16H24N4O/c1-11-3-2-7-20(11)16(21)15-13-10-19(9-12-4-5-12)8-6-14(13)17-18-15/h11-12H,2-10H2,1H3,(H,17,18)/t11-/m1/s1. The minimum absolute atomic E-state index is 0.130. The minimum Gasteiger partial charge on any atom is -0.335 e. The highest BCUT2D eigenvalue weighted by Gasteiger charge is 2.33. The van der Waals surface area contributed by atoms with E-state index in [1.54, 1.807) is 0 Å². The number of H-pyrrole nitrogens is 1. The summed E-state index contributed by atoms with van der Waals surface area (Å²) in [6.45, 7) is 6.21. The van der Waals surface area contributed by atoms with Crippen molar-refractivity contribution in [3.8, 4) is 0 Å². The van der Waals surface area contributed by atoms with Gasteiger partial charge in [-0.15, -0.1) is 0 Å². The molecule has 1 aromatic rings. The summed E-state index contributed by atoms with van der Waals surface area (Å²) in [4.78, 5) is 17.3. The van der Waals surface area contributed by atoms with Gasteiger partial charge < -0.3 is 4.90 Å². The lowest BCUT2D eigenvalue weighted by atomic mass is 10.0. The average molecular weight is 288 g/mol. The fourth-order valence-electron chi connectivity index (χ4n) is 3.72. The van der Waals surface area contributed by atoms with E-state index in [1.807, 2.05) is 4.90 Å². The smallest absolute Gasteiger partial charge is 0.274 e. The van der Waals surface area contributed by atoms with Crippen molar-refractivity contribution in [3.63, 3.8) is 0 Å². The Bertz CT molecular complexity index is 548. The number of hydrogen-bond donors (Lipinski definition) is 1. The van der Waals surface area contributed by atoms with Crippen LogP contribution in [-0.4, -0.2) is 51.6 Å². The molecule has 3 aliphatic rings. The maximum atomic E-state index is 12.8. The Labute approximate surface area is 125 Å². The van der Waals surface area contributed by atoms with Gasteiger partial charge in [-0.2, -0.15) is 5.10 Å². The van der Waals surface area contributed by atoms with Crippen LogP contribution in [-0.2, 0) is 13.0 Å². The van der Waals surface area contributed by atoms with Crippen LogP contribution < -0.4 is 0 Å². The van der Waals surface area contributed by atoms with Gasteiger partial charge in [0.1, 0.15) is 0 Å². The predicted molar refractivity (Wildman–Crippen MR) is 80.0 cm³/mol. The second kappa shape index (κ2) is 5.13. The molecular weight excluding hydrogens is 264 g/mol. The highest BCUT2D eigenvalue weighted by atomic mass is 16.2. The molecule has 5 heteroatoms. The predicted octanol–water partition coefficient (Wildman–Crippen LogP) is 1.80. The Hall–Kier alpha value is -1.36. The molecule has 0 spiro atoms. The zero-order chi connectivity index (χ0) is 14.4. The number of aromatic amines is 1. The number of nitrogens with zero attached hydrogens (tertiary/aromatic N) is 3. The molecule has 114 valence electrons. The fourth-order valence-corrected chi connectivity index (χ4v) is 3.72. The molecular formula is C16H24N4O. The monoisotopic (exact) mass is 288 g/mol. The molecule has 1 atom stereocenters. The molecule has 3 heterocycles. The zero-order valence-corrected chi connectivity index (χ0v) is 12.8. The summed E-state index contributed by atoms with van der Waals surface area (Å²) in [5, 5.41) is 7.47. The first kappa shape index (κ1) is 13.3. The van der Waals surface area contributed by atoms with Gasteiger partial charge in [0.05, 0.1) is 0 Å². The van der Waals surface area contributed by atoms with Crippen molar-refractivity contribution in [2.45, 2.75) is 51.6 Å². The SMILES string of the molecule is C[C@@H]1CCCN1C(=O)c1n[nH]c2c1CN(CC1CC1)CC2. The maximum absolute atomic E-state index is 12.8. The lowest BCUT2D eigenvalue weighted by Crippen LogP contribution is -2.36. The van der Waals surface area contributed by atoms with E-state index in [-0.39, 0.29) is 5.91 Å². The molecule has 0 unspecified atom stereocenters. The van der Waals surface area contributed by atoms with Crippen LogP contribution in [0.3, 0.4) is 0 Å². The van der Waals surface area contributed by atoms with Crippen molar-refractivity contribution in [2.75, 3.05) is 19.6 Å². The van der Waals surface area contributed by atoms with Gasteiger partial charge in [0.2, 0.25) is 0 Å². The van der Waals surface area contributed by atoms with E-state index in [4.69, 9.17) is 0 Å². The Balaban J connectivity index is 1.54. The van der Waals surface area contributed by atoms with Crippen LogP contribution in [0, 0.1) is 5.92 Å². The fraction of sp³-hybridized carbons (Fsp3) is 0.750. The van der Waals surface area contributed by atoms with Gasteiger partial charge in [-0.25, -0.2) is 0 Å². The van der Waals surface area contributed by atoms with Crippen molar-refractivity contribution in [1.82, 2.24) is 20.0 Å². The Kier molecular flexibility index (Phi) is 3.25. The number of carbonyl (C=O) groups excluding carboxylic acids is 1. The third-order valence-corrected chi connectivity index (χ3v) is 5.24. The first-order valence-corrected chi connectivity index (χ1v) is 8.32. The molecule has 1 N–H and O–H groups in total. The van der Waals surface area contributed by atoms with E-state index in [2.05, 4.69) is 22.0 Å². The van der Waals surface area contributed by atoms with Crippen molar-refractivity contribution >= 4 is 5.91 Å². The van der Waals surface area contributed by atoms with Gasteiger partial charge in [-0.1, -0.05) is 0 Å². The number of amides is 1. The van der Waals surface area contributed by atoms with Gasteiger partial charge in [0.15, 0.2) is 5.69 Å². The summed E-state index contributed by atoms with van der Waals surface area (Å²) in [6, 6.07) is 0.357. The summed E-state index contributed by atoms with van der Waals surface area (Å²) >= 11 is 0. The number of rotatable bonds is 3. The summed E-state index contributed by atoms with van der Waals surface area (Å²) in [6.07, 6.45) is 6.00. The molecule has 1 saturated heterocycles. The lowest BCUT2D eigenvalue weighted by molar-refractivity contribution is 0.0738. The maximum Gasteiger partial charge on any atom is 0.274 e. The van der Waals surface area contributed by atoms with E-state index in [1.165, 1.54) is 25.1 Å². The van der Waals surface area contributed by atoms with Gasteiger partial charge in [0.25, 0.3) is 5.91 Å². The second-order valence-corrected chi connectivity index (χ2v) is 6.95. The third kappa shape index (κ3) is 2.48. The molecule has 21 heavy (non-hydrogen) atoms. The van der Waals surface area contributed by atoms with Crippen LogP contribution in [0.5, 0.6) is 0 Å². The van der Waals surface area contributed by atoms with E-state index in [9.17, 15) is 4.79 Å². The topological polar surface area (TPSA) is 52.2 Å². The van der Waals surface area contributed by atoms with Crippen molar-refractivity contribution in [2.24, 2.45) is 5.92 Å². The van der Waals surface area contributed by atoms with Crippen LogP contribution in [0.4, 0.5) is 0 Å². The first-order chi connectivity index (χ1) is 10.2. The van der Waals surface area contributed by atoms with Crippen LogP contribution >= 0.6 is 0 Å². The molecule has 0 bridgehead atoms. The molecule has 0 aromatic carbocycles. The second-order valence-electron chi connectivity index (χ2n) is 6.95. The molecule has 5 nitrogen and oxygen atoms in total. The molecule has 1 aromatic heterocycles. The summed E-state index contributed by atoms with van der Waals surface area (Å²) in [5.74, 6) is 1.03. The Morgan fingerprint density at radius 2 is 2.19 bits per heavy atom. The highest BCUT2D eigenvalue weighted by Crippen LogP contribution is 2.32. The van der Waals surface area contributed by atoms with Crippen LogP contribution in [0.25, 0.3) is 0 Å². The number of carbonyl (C=O) groups is 1. The van der Waals surface area contributed by atoms with Crippen LogP contribution in [0.1, 0.15) is 54.4 Å². The van der Waals surface area contributed by atoms with Crippen molar-refractivity contribution in [3.05, 3.63) is 17.0 Å². The van der Waals surface area contributed by atoms with Crippen LogP contribution in [0.2, 0.25) is 0 Å². The molecule has 1 amide bonds. The number of nitrogens with one attached hydrogen (secondary N) is 1. The molecule has 2 aliphatic heterocycles. The number of aromatic nitrogens is 2. The minimum atomic E-state index is 0.130. The van der Waals surface area contributed by atoms with E-state index < -0.39 is 0 Å². The number of fused-ring (bicyclic) bond motifs is 1. The Morgan fingerprint density at radius 1 is 1.33 bits per heavy atom. The van der Waals surface area contributed by atoms with Gasteiger partial charge >= 0.3 is 0 Å². The number of likely N-dealkylation sites (tertiary alicyclic amines) is 1. The van der Waals surface area contributed by atoms with Gasteiger partial charge in [-0.05, 0) is 38.5 Å². The molecule has 1 saturated carbocycles. The lowest BCUT2D eigenvalue weighted by Gasteiger charge is -2.27. The zero-order valence-electron chi connectivity index (χ0n) is 12.8. The van der Waals surface area contributed by atoms with E-state index >= 15 is 0 Å². The summed E-state index contributed by atoms with van der Waals surface area (Å²) in [7, 11) is 0. The summed E-state index contributed by atoms with van der Waals surface area (Å²) in [5.41, 5.74) is 3.02. The molecule has 1 aliphatic carbocycles. The highest BCUT2D eigenvalue weighted by molar-refractivity contribution is 5.94. The molecule has 0 radical (unpaired) electrons. The average Bonchev–Trinajstić information content (AvgIpc) is 3.03. The normalized spacial score (nSPS) is 26.1. The quantitative estimate of drug-likeness (QED) is 0.923. The van der Waals surface area contributed by atoms with E-state index in [0.717, 1.165) is 50.4 Å². The molecule has 2 fully saturated rings.